The normalized spacial score (nSPS) is 21.5. The summed E-state index contributed by atoms with van der Waals surface area (Å²) in [6.07, 6.45) is 4.05. The Balaban J connectivity index is 0.000000204. The van der Waals surface area contributed by atoms with E-state index in [0.717, 1.165) is 52.7 Å². The highest BCUT2D eigenvalue weighted by atomic mass is 35.5. The van der Waals surface area contributed by atoms with Crippen LogP contribution in [0.15, 0.2) is 29.3 Å². The van der Waals surface area contributed by atoms with Crippen LogP contribution in [-0.4, -0.2) is 68.3 Å². The SMILES string of the molecule is CC(=O)CCCC[C@@H]1SC[C@@H]2NC(=O)N[C@@H]21.CNC(=O)CC1N=C(c2ccc(Cl)cc2)c2c(sc(C)c2C)-n2c(C)nnc21. The number of aliphatic imine (C=N–C) groups is 1. The molecule has 0 aliphatic carbocycles. The molecule has 13 heteroatoms. The number of hydrogen-bond acceptors (Lipinski definition) is 8. The summed E-state index contributed by atoms with van der Waals surface area (Å²) in [6.45, 7) is 7.78. The number of fused-ring (bicyclic) bond motifs is 4. The summed E-state index contributed by atoms with van der Waals surface area (Å²) in [7, 11) is 1.63. The Morgan fingerprint density at radius 3 is 2.57 bits per heavy atom. The number of benzene rings is 1. The van der Waals surface area contributed by atoms with Crippen LogP contribution in [0.1, 0.15) is 78.3 Å². The second-order valence-electron chi connectivity index (χ2n) is 11.4. The minimum atomic E-state index is -0.425. The number of aryl methyl sites for hydroxylation is 2. The highest BCUT2D eigenvalue weighted by Crippen LogP contribution is 2.39. The topological polar surface area (TPSA) is 130 Å². The maximum absolute atomic E-state index is 12.2. The largest absolute Gasteiger partial charge is 0.359 e. The number of hydrogen-bond donors (Lipinski definition) is 3. The predicted octanol–water partition coefficient (Wildman–Crippen LogP) is 5.24. The number of nitrogens with one attached hydrogen (secondary N) is 3. The minimum Gasteiger partial charge on any atom is -0.359 e. The second-order valence-corrected chi connectivity index (χ2v) is 14.3. The fourth-order valence-electron chi connectivity index (χ4n) is 5.77. The number of urea groups is 1. The third-order valence-corrected chi connectivity index (χ3v) is 11.2. The molecule has 44 heavy (non-hydrogen) atoms. The van der Waals surface area contributed by atoms with Crippen molar-refractivity contribution in [1.29, 1.82) is 0 Å². The van der Waals surface area contributed by atoms with Gasteiger partial charge in [-0.05, 0) is 58.2 Å². The molecule has 0 spiro atoms. The van der Waals surface area contributed by atoms with Crippen LogP contribution in [-0.2, 0) is 9.59 Å². The highest BCUT2D eigenvalue weighted by Gasteiger charge is 2.42. The van der Waals surface area contributed by atoms with E-state index >= 15 is 0 Å². The van der Waals surface area contributed by atoms with Crippen molar-refractivity contribution in [3.63, 3.8) is 0 Å². The molecular weight excluding hydrogens is 618 g/mol. The molecule has 2 fully saturated rings. The van der Waals surface area contributed by atoms with Gasteiger partial charge in [0.15, 0.2) is 5.82 Å². The molecule has 3 aliphatic heterocycles. The van der Waals surface area contributed by atoms with E-state index in [4.69, 9.17) is 16.6 Å². The smallest absolute Gasteiger partial charge is 0.315 e. The van der Waals surface area contributed by atoms with Crippen molar-refractivity contribution in [1.82, 2.24) is 30.7 Å². The Bertz CT molecular complexity index is 1580. The number of unbranched alkanes of at least 4 members (excludes halogenated alkanes) is 1. The first-order chi connectivity index (χ1) is 21.1. The van der Waals surface area contributed by atoms with E-state index in [1.54, 1.807) is 25.3 Å². The monoisotopic (exact) mass is 655 g/mol. The molecule has 0 bridgehead atoms. The lowest BCUT2D eigenvalue weighted by Gasteiger charge is -2.16. The summed E-state index contributed by atoms with van der Waals surface area (Å²) < 4.78 is 2.04. The molecule has 0 radical (unpaired) electrons. The summed E-state index contributed by atoms with van der Waals surface area (Å²) in [5, 5.41) is 19.5. The molecule has 0 saturated carbocycles. The molecule has 3 amide bonds. The van der Waals surface area contributed by atoms with E-state index in [1.165, 1.54) is 10.4 Å². The van der Waals surface area contributed by atoms with Crippen LogP contribution in [0.2, 0.25) is 5.02 Å². The zero-order valence-corrected chi connectivity index (χ0v) is 28.0. The Morgan fingerprint density at radius 2 is 1.86 bits per heavy atom. The van der Waals surface area contributed by atoms with Crippen molar-refractivity contribution in [2.24, 2.45) is 4.99 Å². The van der Waals surface area contributed by atoms with Gasteiger partial charge in [0.1, 0.15) is 22.7 Å². The maximum atomic E-state index is 12.2. The van der Waals surface area contributed by atoms with Gasteiger partial charge in [-0.2, -0.15) is 11.8 Å². The molecule has 5 heterocycles. The standard InChI is InChI=1S/C20H20ClN5OS.C11H18N2O2S/c1-10-11(2)28-20-17(10)18(13-5-7-14(21)8-6-13)23-15(9-16(27)22-4)19-25-24-12(3)26(19)20;1-7(14)4-2-3-5-9-10-8(6-16-9)12-11(15)13-10/h5-8,15H,9H2,1-4H3,(H,22,27);8-10H,2-6H2,1H3,(H2,12,13,15)/t;8-,9-,10-/m.0/s1. The first kappa shape index (κ1) is 32.2. The van der Waals surface area contributed by atoms with Gasteiger partial charge in [0.05, 0.1) is 24.2 Å². The highest BCUT2D eigenvalue weighted by molar-refractivity contribution is 8.00. The van der Waals surface area contributed by atoms with Crippen molar-refractivity contribution in [2.75, 3.05) is 12.8 Å². The van der Waals surface area contributed by atoms with E-state index in [2.05, 4.69) is 40.0 Å². The van der Waals surface area contributed by atoms with Crippen molar-refractivity contribution >= 4 is 58.1 Å². The third kappa shape index (κ3) is 6.87. The molecule has 10 nitrogen and oxygen atoms in total. The lowest BCUT2D eigenvalue weighted by Crippen LogP contribution is -2.36. The first-order valence-electron chi connectivity index (χ1n) is 14.8. The van der Waals surface area contributed by atoms with E-state index in [0.29, 0.717) is 34.6 Å². The molecule has 1 aromatic carbocycles. The Hall–Kier alpha value is -3.22. The quantitative estimate of drug-likeness (QED) is 0.225. The summed E-state index contributed by atoms with van der Waals surface area (Å²) >= 11 is 9.73. The minimum absolute atomic E-state index is 0.0240. The summed E-state index contributed by atoms with van der Waals surface area (Å²) in [5.41, 5.74) is 4.05. The second kappa shape index (κ2) is 13.8. The van der Waals surface area contributed by atoms with E-state index < -0.39 is 6.04 Å². The Kier molecular flexibility index (Phi) is 10.1. The molecule has 6 rings (SSSR count). The number of ketones is 1. The van der Waals surface area contributed by atoms with Gasteiger partial charge < -0.3 is 20.7 Å². The van der Waals surface area contributed by atoms with Crippen molar-refractivity contribution < 1.29 is 14.4 Å². The Morgan fingerprint density at radius 1 is 1.11 bits per heavy atom. The molecular formula is C31H38ClN7O3S2. The lowest BCUT2D eigenvalue weighted by molar-refractivity contribution is -0.121. The van der Waals surface area contributed by atoms with Crippen LogP contribution in [0.4, 0.5) is 4.79 Å². The number of aromatic nitrogens is 3. The van der Waals surface area contributed by atoms with Gasteiger partial charge in [0.2, 0.25) is 5.91 Å². The van der Waals surface area contributed by atoms with E-state index in [1.807, 2.05) is 47.5 Å². The summed E-state index contributed by atoms with van der Waals surface area (Å²) in [6, 6.07) is 7.82. The van der Waals surface area contributed by atoms with Gasteiger partial charge in [-0.3, -0.25) is 14.4 Å². The number of carbonyl (C=O) groups is 3. The number of amides is 3. The molecule has 3 aliphatic rings. The molecule has 3 aromatic rings. The number of thioether (sulfide) groups is 1. The fourth-order valence-corrected chi connectivity index (χ4v) is 8.66. The van der Waals surface area contributed by atoms with Crippen LogP contribution in [0.25, 0.3) is 5.00 Å². The molecule has 4 atom stereocenters. The van der Waals surface area contributed by atoms with Gasteiger partial charge in [0, 0.05) is 45.5 Å². The van der Waals surface area contributed by atoms with Crippen LogP contribution < -0.4 is 16.0 Å². The molecule has 2 aromatic heterocycles. The van der Waals surface area contributed by atoms with Gasteiger partial charge in [0.25, 0.3) is 0 Å². The van der Waals surface area contributed by atoms with Crippen molar-refractivity contribution in [2.45, 2.75) is 83.2 Å². The average Bonchev–Trinajstić information content (AvgIpc) is 3.71. The molecule has 1 unspecified atom stereocenters. The van der Waals surface area contributed by atoms with E-state index in [-0.39, 0.29) is 24.1 Å². The van der Waals surface area contributed by atoms with Crippen molar-refractivity contribution in [3.05, 3.63) is 62.5 Å². The number of nitrogens with zero attached hydrogens (tertiary/aromatic N) is 4. The van der Waals surface area contributed by atoms with Gasteiger partial charge in [-0.15, -0.1) is 21.5 Å². The van der Waals surface area contributed by atoms with Gasteiger partial charge >= 0.3 is 6.03 Å². The number of rotatable bonds is 8. The Labute approximate surface area is 270 Å². The number of halogens is 1. The lowest BCUT2D eigenvalue weighted by atomic mass is 9.99. The maximum Gasteiger partial charge on any atom is 0.315 e. The molecule has 234 valence electrons. The molecule has 3 N–H and O–H groups in total. The number of Topliss-reactive ketones (excluding diaryl/α,β-unsaturated/α-hetero) is 1. The number of thiophene rings is 1. The van der Waals surface area contributed by atoms with Crippen LogP contribution in [0, 0.1) is 20.8 Å². The third-order valence-electron chi connectivity index (χ3n) is 8.22. The van der Waals surface area contributed by atoms with Crippen LogP contribution >= 0.6 is 34.7 Å². The van der Waals surface area contributed by atoms with Crippen LogP contribution in [0.3, 0.4) is 0 Å². The fraction of sp³-hybridized carbons (Fsp3) is 0.484. The molecule has 2 saturated heterocycles. The van der Waals surface area contributed by atoms with Crippen molar-refractivity contribution in [3.8, 4) is 5.00 Å². The zero-order chi connectivity index (χ0) is 31.5. The van der Waals surface area contributed by atoms with Crippen LogP contribution in [0.5, 0.6) is 0 Å². The van der Waals surface area contributed by atoms with Gasteiger partial charge in [-0.1, -0.05) is 30.2 Å². The zero-order valence-electron chi connectivity index (χ0n) is 25.6. The predicted molar refractivity (Wildman–Crippen MR) is 177 cm³/mol. The average molecular weight is 656 g/mol. The first-order valence-corrected chi connectivity index (χ1v) is 17.1. The summed E-state index contributed by atoms with van der Waals surface area (Å²) in [4.78, 5) is 40.4. The van der Waals surface area contributed by atoms with Gasteiger partial charge in [-0.25, -0.2) is 4.79 Å². The van der Waals surface area contributed by atoms with E-state index in [9.17, 15) is 14.4 Å². The number of carbonyl (C=O) groups excluding carboxylic acids is 3. The summed E-state index contributed by atoms with van der Waals surface area (Å²) in [5.74, 6) is 2.67.